The summed E-state index contributed by atoms with van der Waals surface area (Å²) >= 11 is 0. The first-order valence-corrected chi connectivity index (χ1v) is 12.7. The van der Waals surface area contributed by atoms with Gasteiger partial charge in [-0.15, -0.1) is 0 Å². The Morgan fingerprint density at radius 1 is 0.667 bits per heavy atom. The molecule has 8 heteroatoms. The van der Waals surface area contributed by atoms with E-state index in [-0.39, 0.29) is 34.8 Å². The standard InChI is InChI=1S/C22H30O6S2/c1-17(2)20(13-15-27-29(23,24)21-9-5-18(3)6-10-21)14-16-28-30(25,26)22-11-7-19(4)8-12-22/h5-12,17,20H,13-16H2,1-4H3. The molecular formula is C22H30O6S2. The monoisotopic (exact) mass is 454 g/mol. The van der Waals surface area contributed by atoms with Gasteiger partial charge in [-0.3, -0.25) is 8.37 Å². The fraction of sp³-hybridized carbons (Fsp3) is 0.455. The van der Waals surface area contributed by atoms with Crippen LogP contribution in [0.1, 0.15) is 37.8 Å². The Bertz CT molecular complexity index is 927. The highest BCUT2D eigenvalue weighted by Crippen LogP contribution is 2.22. The average molecular weight is 455 g/mol. The van der Waals surface area contributed by atoms with Crippen molar-refractivity contribution in [2.45, 2.75) is 50.3 Å². The van der Waals surface area contributed by atoms with Gasteiger partial charge in [0.25, 0.3) is 20.2 Å². The topological polar surface area (TPSA) is 86.7 Å². The molecule has 166 valence electrons. The first-order chi connectivity index (χ1) is 14.0. The molecule has 0 N–H and O–H groups in total. The van der Waals surface area contributed by atoms with Gasteiger partial charge in [-0.1, -0.05) is 49.2 Å². The maximum absolute atomic E-state index is 12.3. The van der Waals surface area contributed by atoms with Crippen molar-refractivity contribution in [3.63, 3.8) is 0 Å². The van der Waals surface area contributed by atoms with Crippen LogP contribution in [0, 0.1) is 25.7 Å². The van der Waals surface area contributed by atoms with Crippen LogP contribution in [0.5, 0.6) is 0 Å². The summed E-state index contributed by atoms with van der Waals surface area (Å²) in [5.41, 5.74) is 1.93. The van der Waals surface area contributed by atoms with Crippen molar-refractivity contribution in [2.75, 3.05) is 13.2 Å². The molecule has 0 heterocycles. The van der Waals surface area contributed by atoms with Gasteiger partial charge in [0.05, 0.1) is 23.0 Å². The van der Waals surface area contributed by atoms with E-state index in [4.69, 9.17) is 8.37 Å². The molecule has 6 nitrogen and oxygen atoms in total. The fourth-order valence-corrected chi connectivity index (χ4v) is 4.82. The van der Waals surface area contributed by atoms with Crippen molar-refractivity contribution in [3.8, 4) is 0 Å². The van der Waals surface area contributed by atoms with E-state index in [0.717, 1.165) is 11.1 Å². The maximum atomic E-state index is 12.3. The summed E-state index contributed by atoms with van der Waals surface area (Å²) in [5, 5.41) is 0. The number of aryl methyl sites for hydroxylation is 2. The Balaban J connectivity index is 1.87. The predicted octanol–water partition coefficient (Wildman–Crippen LogP) is 4.47. The minimum Gasteiger partial charge on any atom is -0.266 e. The van der Waals surface area contributed by atoms with E-state index in [2.05, 4.69) is 0 Å². The maximum Gasteiger partial charge on any atom is 0.296 e. The molecule has 0 fully saturated rings. The van der Waals surface area contributed by atoms with Crippen LogP contribution in [0.2, 0.25) is 0 Å². The summed E-state index contributed by atoms with van der Waals surface area (Å²) in [5.74, 6) is 0.285. The Morgan fingerprint density at radius 2 is 1.00 bits per heavy atom. The molecule has 30 heavy (non-hydrogen) atoms. The minimum atomic E-state index is -3.81. The number of hydrogen-bond donors (Lipinski definition) is 0. The van der Waals surface area contributed by atoms with Crippen LogP contribution in [0.25, 0.3) is 0 Å². The first kappa shape index (κ1) is 24.5. The highest BCUT2D eigenvalue weighted by molar-refractivity contribution is 7.87. The van der Waals surface area contributed by atoms with Crippen LogP contribution in [0.4, 0.5) is 0 Å². The van der Waals surface area contributed by atoms with Crippen molar-refractivity contribution in [2.24, 2.45) is 11.8 Å². The quantitative estimate of drug-likeness (QED) is 0.466. The van der Waals surface area contributed by atoms with Crippen LogP contribution in [0.3, 0.4) is 0 Å². The van der Waals surface area contributed by atoms with Gasteiger partial charge in [-0.05, 0) is 62.8 Å². The SMILES string of the molecule is Cc1ccc(S(=O)(=O)OCCC(CCOS(=O)(=O)c2ccc(C)cc2)C(C)C)cc1. The van der Waals surface area contributed by atoms with Crippen LogP contribution in [-0.4, -0.2) is 30.0 Å². The second kappa shape index (κ2) is 10.5. The van der Waals surface area contributed by atoms with Crippen LogP contribution in [0.15, 0.2) is 58.3 Å². The van der Waals surface area contributed by atoms with E-state index in [0.29, 0.717) is 12.8 Å². The van der Waals surface area contributed by atoms with Gasteiger partial charge in [0.15, 0.2) is 0 Å². The lowest BCUT2D eigenvalue weighted by Gasteiger charge is -2.20. The van der Waals surface area contributed by atoms with E-state index >= 15 is 0 Å². The molecular weight excluding hydrogens is 424 g/mol. The van der Waals surface area contributed by atoms with E-state index in [1.165, 1.54) is 24.3 Å². The van der Waals surface area contributed by atoms with Crippen molar-refractivity contribution in [1.29, 1.82) is 0 Å². The Hall–Kier alpha value is -1.74. The molecule has 2 aromatic carbocycles. The molecule has 0 atom stereocenters. The molecule has 0 radical (unpaired) electrons. The molecule has 0 bridgehead atoms. The van der Waals surface area contributed by atoms with Crippen molar-refractivity contribution in [1.82, 2.24) is 0 Å². The fourth-order valence-electron chi connectivity index (χ4n) is 2.98. The van der Waals surface area contributed by atoms with Gasteiger partial charge < -0.3 is 0 Å². The van der Waals surface area contributed by atoms with E-state index in [1.807, 2.05) is 27.7 Å². The van der Waals surface area contributed by atoms with Crippen LogP contribution >= 0.6 is 0 Å². The molecule has 0 spiro atoms. The molecule has 0 saturated heterocycles. The Kier molecular flexibility index (Phi) is 8.61. The number of hydrogen-bond acceptors (Lipinski definition) is 6. The van der Waals surface area contributed by atoms with Crippen molar-refractivity contribution >= 4 is 20.2 Å². The average Bonchev–Trinajstić information content (AvgIpc) is 2.67. The Labute approximate surface area is 180 Å². The lowest BCUT2D eigenvalue weighted by atomic mass is 9.90. The first-order valence-electron chi connectivity index (χ1n) is 9.93. The smallest absolute Gasteiger partial charge is 0.266 e. The molecule has 2 aromatic rings. The van der Waals surface area contributed by atoms with E-state index in [9.17, 15) is 16.8 Å². The summed E-state index contributed by atoms with van der Waals surface area (Å²) in [4.78, 5) is 0.253. The van der Waals surface area contributed by atoms with E-state index < -0.39 is 20.2 Å². The van der Waals surface area contributed by atoms with Crippen LogP contribution in [-0.2, 0) is 28.6 Å². The molecule has 0 aliphatic carbocycles. The summed E-state index contributed by atoms with van der Waals surface area (Å²) in [7, 11) is -7.62. The van der Waals surface area contributed by atoms with Gasteiger partial charge in [-0.25, -0.2) is 0 Å². The highest BCUT2D eigenvalue weighted by atomic mass is 32.2. The third-order valence-electron chi connectivity index (χ3n) is 5.02. The van der Waals surface area contributed by atoms with Crippen molar-refractivity contribution in [3.05, 3.63) is 59.7 Å². The zero-order chi connectivity index (χ0) is 22.4. The normalized spacial score (nSPS) is 12.6. The lowest BCUT2D eigenvalue weighted by Crippen LogP contribution is -2.18. The number of benzene rings is 2. The zero-order valence-corrected chi connectivity index (χ0v) is 19.5. The van der Waals surface area contributed by atoms with Crippen molar-refractivity contribution < 1.29 is 25.2 Å². The molecule has 2 rings (SSSR count). The summed E-state index contributed by atoms with van der Waals surface area (Å²) in [6, 6.07) is 13.0. The van der Waals surface area contributed by atoms with E-state index in [1.54, 1.807) is 24.3 Å². The van der Waals surface area contributed by atoms with Gasteiger partial charge >= 0.3 is 0 Å². The second-order valence-electron chi connectivity index (χ2n) is 7.76. The third-order valence-corrected chi connectivity index (χ3v) is 7.67. The molecule has 0 unspecified atom stereocenters. The zero-order valence-electron chi connectivity index (χ0n) is 17.9. The molecule has 0 aliphatic rings. The predicted molar refractivity (Wildman–Crippen MR) is 116 cm³/mol. The lowest BCUT2D eigenvalue weighted by molar-refractivity contribution is 0.210. The van der Waals surface area contributed by atoms with Gasteiger partial charge in [0, 0.05) is 0 Å². The summed E-state index contributed by atoms with van der Waals surface area (Å²) in [6.07, 6.45) is 0.966. The Morgan fingerprint density at radius 3 is 1.30 bits per heavy atom. The number of rotatable bonds is 11. The van der Waals surface area contributed by atoms with Gasteiger partial charge in [0.2, 0.25) is 0 Å². The highest BCUT2D eigenvalue weighted by Gasteiger charge is 2.20. The van der Waals surface area contributed by atoms with Gasteiger partial charge in [0.1, 0.15) is 0 Å². The van der Waals surface area contributed by atoms with Gasteiger partial charge in [-0.2, -0.15) is 16.8 Å². The molecule has 0 amide bonds. The molecule has 0 aliphatic heterocycles. The molecule has 0 aromatic heterocycles. The third kappa shape index (κ3) is 7.19. The largest absolute Gasteiger partial charge is 0.296 e. The second-order valence-corrected chi connectivity index (χ2v) is 11.0. The summed E-state index contributed by atoms with van der Waals surface area (Å²) < 4.78 is 59.5. The molecule has 0 saturated carbocycles. The van der Waals surface area contributed by atoms with Crippen LogP contribution < -0.4 is 0 Å². The summed E-state index contributed by atoms with van der Waals surface area (Å²) in [6.45, 7) is 7.84. The minimum absolute atomic E-state index is 0.0315.